The minimum absolute atomic E-state index is 0.0719. The minimum atomic E-state index is -3.11. The first-order valence-electron chi connectivity index (χ1n) is 4.89. The van der Waals surface area contributed by atoms with Crippen molar-refractivity contribution in [2.24, 2.45) is 0 Å². The van der Waals surface area contributed by atoms with Gasteiger partial charge >= 0.3 is 5.97 Å². The molecule has 0 amide bonds. The van der Waals surface area contributed by atoms with Crippen LogP contribution in [0.15, 0.2) is 17.6 Å². The Labute approximate surface area is 107 Å². The second kappa shape index (κ2) is 4.54. The summed E-state index contributed by atoms with van der Waals surface area (Å²) in [5, 5.41) is 11.0. The Bertz CT molecular complexity index is 684. The summed E-state index contributed by atoms with van der Waals surface area (Å²) >= 11 is 1.24. The number of sulfone groups is 1. The van der Waals surface area contributed by atoms with Crippen molar-refractivity contribution < 1.29 is 18.3 Å². The van der Waals surface area contributed by atoms with E-state index >= 15 is 0 Å². The summed E-state index contributed by atoms with van der Waals surface area (Å²) in [6.45, 7) is 0. The molecule has 18 heavy (non-hydrogen) atoms. The van der Waals surface area contributed by atoms with Gasteiger partial charge in [-0.1, -0.05) is 0 Å². The van der Waals surface area contributed by atoms with Crippen LogP contribution in [-0.2, 0) is 15.6 Å². The number of H-pyrrole nitrogens is 1. The summed E-state index contributed by atoms with van der Waals surface area (Å²) < 4.78 is 22.2. The van der Waals surface area contributed by atoms with Crippen molar-refractivity contribution in [1.82, 2.24) is 9.97 Å². The van der Waals surface area contributed by atoms with E-state index in [1.807, 2.05) is 0 Å². The summed E-state index contributed by atoms with van der Waals surface area (Å²) in [6.07, 6.45) is 2.68. The average molecular weight is 286 g/mol. The van der Waals surface area contributed by atoms with E-state index in [0.717, 1.165) is 6.26 Å². The molecule has 0 spiro atoms. The van der Waals surface area contributed by atoms with E-state index < -0.39 is 15.8 Å². The molecule has 0 unspecified atom stereocenters. The molecule has 0 aliphatic heterocycles. The van der Waals surface area contributed by atoms with Gasteiger partial charge in [0.15, 0.2) is 9.84 Å². The lowest BCUT2D eigenvalue weighted by Crippen LogP contribution is -1.99. The Morgan fingerprint density at radius 1 is 1.56 bits per heavy atom. The van der Waals surface area contributed by atoms with Gasteiger partial charge in [0.25, 0.3) is 0 Å². The number of rotatable bonds is 4. The fourth-order valence-corrected chi connectivity index (χ4v) is 3.41. The van der Waals surface area contributed by atoms with Crippen LogP contribution in [0.4, 0.5) is 0 Å². The van der Waals surface area contributed by atoms with Crippen molar-refractivity contribution in [3.63, 3.8) is 0 Å². The van der Waals surface area contributed by atoms with Gasteiger partial charge in [0.05, 0.1) is 5.69 Å². The van der Waals surface area contributed by atoms with E-state index in [4.69, 9.17) is 5.11 Å². The second-order valence-corrected chi connectivity index (χ2v) is 6.89. The third-order valence-corrected chi connectivity index (χ3v) is 3.98. The first kappa shape index (κ1) is 12.8. The summed E-state index contributed by atoms with van der Waals surface area (Å²) in [7, 11) is -3.11. The molecule has 96 valence electrons. The Balaban J connectivity index is 2.26. The SMILES string of the molecule is CS(=O)(=O)Cc1nc(-c2c[nH]c(C(=O)O)c2)cs1. The number of carboxylic acids is 1. The van der Waals surface area contributed by atoms with Crippen LogP contribution in [0.5, 0.6) is 0 Å². The molecule has 6 nitrogen and oxygen atoms in total. The molecule has 0 fully saturated rings. The topological polar surface area (TPSA) is 100 Å². The van der Waals surface area contributed by atoms with Gasteiger partial charge < -0.3 is 10.1 Å². The Morgan fingerprint density at radius 3 is 2.83 bits per heavy atom. The third kappa shape index (κ3) is 2.96. The number of hydrogen-bond acceptors (Lipinski definition) is 5. The summed E-state index contributed by atoms with van der Waals surface area (Å²) in [5.74, 6) is -1.15. The summed E-state index contributed by atoms with van der Waals surface area (Å²) in [6, 6.07) is 1.46. The molecule has 0 bridgehead atoms. The summed E-state index contributed by atoms with van der Waals surface area (Å²) in [4.78, 5) is 17.5. The highest BCUT2D eigenvalue weighted by Gasteiger charge is 2.12. The van der Waals surface area contributed by atoms with Crippen molar-refractivity contribution in [3.05, 3.63) is 28.3 Å². The van der Waals surface area contributed by atoms with Gasteiger partial charge in [0.2, 0.25) is 0 Å². The Morgan fingerprint density at radius 2 is 2.28 bits per heavy atom. The average Bonchev–Trinajstić information content (AvgIpc) is 2.81. The molecule has 0 aromatic carbocycles. The number of nitrogens with one attached hydrogen (secondary N) is 1. The number of aromatic carboxylic acids is 1. The van der Waals surface area contributed by atoms with E-state index in [2.05, 4.69) is 9.97 Å². The van der Waals surface area contributed by atoms with E-state index in [9.17, 15) is 13.2 Å². The molecule has 0 aliphatic carbocycles. The van der Waals surface area contributed by atoms with Crippen molar-refractivity contribution >= 4 is 27.1 Å². The molecular formula is C10H10N2O4S2. The number of carboxylic acid groups (broad SMARTS) is 1. The fraction of sp³-hybridized carbons (Fsp3) is 0.200. The molecule has 2 aromatic rings. The van der Waals surface area contributed by atoms with E-state index in [1.165, 1.54) is 23.6 Å². The lowest BCUT2D eigenvalue weighted by atomic mass is 10.2. The van der Waals surface area contributed by atoms with Gasteiger partial charge in [0, 0.05) is 23.4 Å². The minimum Gasteiger partial charge on any atom is -0.477 e. The molecule has 0 atom stereocenters. The zero-order valence-corrected chi connectivity index (χ0v) is 11.0. The smallest absolute Gasteiger partial charge is 0.352 e. The second-order valence-electron chi connectivity index (χ2n) is 3.80. The zero-order valence-electron chi connectivity index (χ0n) is 9.37. The van der Waals surface area contributed by atoms with Crippen LogP contribution in [-0.4, -0.2) is 35.7 Å². The third-order valence-electron chi connectivity index (χ3n) is 2.15. The molecule has 2 rings (SSSR count). The number of hydrogen-bond donors (Lipinski definition) is 2. The quantitative estimate of drug-likeness (QED) is 0.884. The van der Waals surface area contributed by atoms with Crippen LogP contribution >= 0.6 is 11.3 Å². The summed E-state index contributed by atoms with van der Waals surface area (Å²) in [5.41, 5.74) is 1.27. The standard InChI is InChI=1S/C10H10N2O4S2/c1-18(15,16)5-9-12-8(4-17-9)6-2-7(10(13)14)11-3-6/h2-4,11H,5H2,1H3,(H,13,14). The number of carbonyl (C=O) groups is 1. The highest BCUT2D eigenvalue weighted by Crippen LogP contribution is 2.23. The zero-order chi connectivity index (χ0) is 13.3. The molecule has 8 heteroatoms. The maximum Gasteiger partial charge on any atom is 0.352 e. The van der Waals surface area contributed by atoms with Crippen molar-refractivity contribution in [2.45, 2.75) is 5.75 Å². The predicted molar refractivity (Wildman–Crippen MR) is 67.4 cm³/mol. The highest BCUT2D eigenvalue weighted by atomic mass is 32.2. The predicted octanol–water partition coefficient (Wildman–Crippen LogP) is 1.38. The Hall–Kier alpha value is -1.67. The molecule has 0 aliphatic rings. The van der Waals surface area contributed by atoms with Crippen LogP contribution < -0.4 is 0 Å². The lowest BCUT2D eigenvalue weighted by Gasteiger charge is -1.92. The molecule has 2 heterocycles. The number of thiazole rings is 1. The molecule has 2 N–H and O–H groups in total. The molecule has 2 aromatic heterocycles. The van der Waals surface area contributed by atoms with Crippen LogP contribution in [0.3, 0.4) is 0 Å². The number of nitrogens with zero attached hydrogens (tertiary/aromatic N) is 1. The molecular weight excluding hydrogens is 276 g/mol. The maximum absolute atomic E-state index is 11.1. The molecule has 0 radical (unpaired) electrons. The van der Waals surface area contributed by atoms with Crippen LogP contribution in [0, 0.1) is 0 Å². The highest BCUT2D eigenvalue weighted by molar-refractivity contribution is 7.90. The molecule has 0 saturated heterocycles. The van der Waals surface area contributed by atoms with Gasteiger partial charge in [-0.15, -0.1) is 11.3 Å². The van der Waals surface area contributed by atoms with E-state index in [0.29, 0.717) is 16.3 Å². The van der Waals surface area contributed by atoms with Crippen LogP contribution in [0.1, 0.15) is 15.5 Å². The normalized spacial score (nSPS) is 11.6. The first-order chi connectivity index (χ1) is 8.35. The van der Waals surface area contributed by atoms with Crippen molar-refractivity contribution in [1.29, 1.82) is 0 Å². The first-order valence-corrected chi connectivity index (χ1v) is 7.83. The lowest BCUT2D eigenvalue weighted by molar-refractivity contribution is 0.0691. The van der Waals surface area contributed by atoms with Crippen molar-refractivity contribution in [2.75, 3.05) is 6.26 Å². The van der Waals surface area contributed by atoms with Gasteiger partial charge in [-0.2, -0.15) is 0 Å². The van der Waals surface area contributed by atoms with E-state index in [-0.39, 0.29) is 11.4 Å². The monoisotopic (exact) mass is 286 g/mol. The van der Waals surface area contributed by atoms with Crippen LogP contribution in [0.25, 0.3) is 11.3 Å². The van der Waals surface area contributed by atoms with Gasteiger partial charge in [-0.25, -0.2) is 18.2 Å². The van der Waals surface area contributed by atoms with E-state index in [1.54, 1.807) is 5.38 Å². The number of aromatic amines is 1. The Kier molecular flexibility index (Phi) is 3.22. The van der Waals surface area contributed by atoms with Gasteiger partial charge in [-0.3, -0.25) is 0 Å². The van der Waals surface area contributed by atoms with Gasteiger partial charge in [-0.05, 0) is 6.07 Å². The van der Waals surface area contributed by atoms with Crippen molar-refractivity contribution in [3.8, 4) is 11.3 Å². The van der Waals surface area contributed by atoms with Crippen LogP contribution in [0.2, 0.25) is 0 Å². The van der Waals surface area contributed by atoms with Gasteiger partial charge in [0.1, 0.15) is 16.5 Å². The molecule has 0 saturated carbocycles. The number of aromatic nitrogens is 2. The maximum atomic E-state index is 11.1. The fourth-order valence-electron chi connectivity index (χ4n) is 1.40. The largest absolute Gasteiger partial charge is 0.477 e.